The van der Waals surface area contributed by atoms with Crippen molar-refractivity contribution < 1.29 is 9.47 Å². The van der Waals surface area contributed by atoms with Gasteiger partial charge < -0.3 is 14.8 Å². The zero-order valence-electron chi connectivity index (χ0n) is 12.7. The Bertz CT molecular complexity index is 398. The van der Waals surface area contributed by atoms with Gasteiger partial charge in [-0.1, -0.05) is 25.4 Å². The van der Waals surface area contributed by atoms with Gasteiger partial charge in [-0.15, -0.1) is 12.4 Å². The van der Waals surface area contributed by atoms with Crippen molar-refractivity contribution in [2.75, 3.05) is 20.3 Å². The first-order valence-corrected chi connectivity index (χ1v) is 7.16. The highest BCUT2D eigenvalue weighted by atomic mass is 35.5. The molecule has 0 atom stereocenters. The second-order valence-electron chi connectivity index (χ2n) is 4.90. The van der Waals surface area contributed by atoms with Crippen LogP contribution >= 0.6 is 24.0 Å². The van der Waals surface area contributed by atoms with Gasteiger partial charge >= 0.3 is 0 Å². The van der Waals surface area contributed by atoms with Crippen molar-refractivity contribution in [3.63, 3.8) is 0 Å². The topological polar surface area (TPSA) is 30.5 Å². The summed E-state index contributed by atoms with van der Waals surface area (Å²) < 4.78 is 10.8. The SMILES string of the molecule is CCOc1cc(CNCCC(C)C)cc(Cl)c1OC.Cl. The first-order valence-electron chi connectivity index (χ1n) is 6.78. The monoisotopic (exact) mass is 321 g/mol. The summed E-state index contributed by atoms with van der Waals surface area (Å²) in [6.45, 7) is 8.78. The third-order valence-electron chi connectivity index (χ3n) is 2.80. The highest BCUT2D eigenvalue weighted by molar-refractivity contribution is 6.32. The number of halogens is 2. The molecule has 1 rings (SSSR count). The molecule has 3 nitrogen and oxygen atoms in total. The second kappa shape index (κ2) is 10.1. The minimum Gasteiger partial charge on any atom is -0.491 e. The van der Waals surface area contributed by atoms with E-state index in [9.17, 15) is 0 Å². The molecule has 0 saturated carbocycles. The Balaban J connectivity index is 0.00000361. The molecule has 116 valence electrons. The summed E-state index contributed by atoms with van der Waals surface area (Å²) in [5, 5.41) is 4.00. The number of hydrogen-bond acceptors (Lipinski definition) is 3. The van der Waals surface area contributed by atoms with E-state index in [1.165, 1.54) is 6.42 Å². The molecule has 1 aromatic rings. The molecule has 20 heavy (non-hydrogen) atoms. The van der Waals surface area contributed by atoms with Crippen molar-refractivity contribution in [2.24, 2.45) is 5.92 Å². The highest BCUT2D eigenvalue weighted by Crippen LogP contribution is 2.36. The van der Waals surface area contributed by atoms with Gasteiger partial charge in [-0.05, 0) is 43.5 Å². The van der Waals surface area contributed by atoms with Crippen molar-refractivity contribution in [1.82, 2.24) is 5.32 Å². The first kappa shape index (κ1) is 19.4. The summed E-state index contributed by atoms with van der Waals surface area (Å²) in [4.78, 5) is 0. The second-order valence-corrected chi connectivity index (χ2v) is 5.31. The molecule has 0 unspecified atom stereocenters. The Morgan fingerprint density at radius 2 is 2.00 bits per heavy atom. The van der Waals surface area contributed by atoms with E-state index >= 15 is 0 Å². The lowest BCUT2D eigenvalue weighted by Gasteiger charge is -2.13. The normalized spacial score (nSPS) is 10.3. The lowest BCUT2D eigenvalue weighted by Crippen LogP contribution is -2.16. The van der Waals surface area contributed by atoms with Crippen LogP contribution in [0.4, 0.5) is 0 Å². The van der Waals surface area contributed by atoms with E-state index in [2.05, 4.69) is 19.2 Å². The molecular formula is C15H25Cl2NO2. The Morgan fingerprint density at radius 3 is 2.55 bits per heavy atom. The van der Waals surface area contributed by atoms with E-state index in [4.69, 9.17) is 21.1 Å². The smallest absolute Gasteiger partial charge is 0.179 e. The predicted molar refractivity (Wildman–Crippen MR) is 87.6 cm³/mol. The molecule has 5 heteroatoms. The maximum absolute atomic E-state index is 6.20. The van der Waals surface area contributed by atoms with Crippen LogP contribution in [0.15, 0.2) is 12.1 Å². The molecule has 0 fully saturated rings. The van der Waals surface area contributed by atoms with E-state index in [1.807, 2.05) is 19.1 Å². The third kappa shape index (κ3) is 6.21. The summed E-state index contributed by atoms with van der Waals surface area (Å²) in [6.07, 6.45) is 1.17. The Labute approximate surface area is 133 Å². The molecule has 0 aliphatic carbocycles. The van der Waals surface area contributed by atoms with E-state index in [0.717, 1.165) is 18.7 Å². The molecule has 0 heterocycles. The van der Waals surface area contributed by atoms with Crippen LogP contribution in [0.25, 0.3) is 0 Å². The molecule has 0 spiro atoms. The van der Waals surface area contributed by atoms with Crippen molar-refractivity contribution >= 4 is 24.0 Å². The number of benzene rings is 1. The largest absolute Gasteiger partial charge is 0.491 e. The van der Waals surface area contributed by atoms with Gasteiger partial charge in [-0.2, -0.15) is 0 Å². The van der Waals surface area contributed by atoms with E-state index < -0.39 is 0 Å². The van der Waals surface area contributed by atoms with Gasteiger partial charge in [0.25, 0.3) is 0 Å². The fourth-order valence-electron chi connectivity index (χ4n) is 1.81. The van der Waals surface area contributed by atoms with E-state index in [0.29, 0.717) is 29.0 Å². The molecule has 0 radical (unpaired) electrons. The fraction of sp³-hybridized carbons (Fsp3) is 0.600. The zero-order chi connectivity index (χ0) is 14.3. The van der Waals surface area contributed by atoms with Crippen LogP contribution in [0.2, 0.25) is 5.02 Å². The Kier molecular flexibility index (Phi) is 9.82. The van der Waals surface area contributed by atoms with Gasteiger partial charge in [0, 0.05) is 6.54 Å². The third-order valence-corrected chi connectivity index (χ3v) is 3.08. The van der Waals surface area contributed by atoms with Crippen LogP contribution in [-0.2, 0) is 6.54 Å². The Hall–Kier alpha value is -0.640. The maximum Gasteiger partial charge on any atom is 0.179 e. The summed E-state index contributed by atoms with van der Waals surface area (Å²) in [5.74, 6) is 2.03. The van der Waals surface area contributed by atoms with Crippen LogP contribution in [0, 0.1) is 5.92 Å². The van der Waals surface area contributed by atoms with Crippen molar-refractivity contribution in [3.05, 3.63) is 22.7 Å². The molecular weight excluding hydrogens is 297 g/mol. The summed E-state index contributed by atoms with van der Waals surface area (Å²) in [7, 11) is 1.60. The molecule has 0 aliphatic rings. The number of methoxy groups -OCH3 is 1. The van der Waals surface area contributed by atoms with E-state index in [1.54, 1.807) is 7.11 Å². The lowest BCUT2D eigenvalue weighted by molar-refractivity contribution is 0.310. The van der Waals surface area contributed by atoms with Gasteiger partial charge in [0.15, 0.2) is 11.5 Å². The molecule has 1 aromatic carbocycles. The summed E-state index contributed by atoms with van der Waals surface area (Å²) in [6, 6.07) is 3.90. The fourth-order valence-corrected chi connectivity index (χ4v) is 2.12. The quantitative estimate of drug-likeness (QED) is 0.724. The maximum atomic E-state index is 6.20. The van der Waals surface area contributed by atoms with E-state index in [-0.39, 0.29) is 12.4 Å². The zero-order valence-corrected chi connectivity index (χ0v) is 14.2. The van der Waals surface area contributed by atoms with Crippen LogP contribution in [0.5, 0.6) is 11.5 Å². The first-order chi connectivity index (χ1) is 9.08. The molecule has 0 amide bonds. The highest BCUT2D eigenvalue weighted by Gasteiger charge is 2.11. The van der Waals surface area contributed by atoms with Gasteiger partial charge in [0.05, 0.1) is 18.7 Å². The van der Waals surface area contributed by atoms with Crippen LogP contribution in [-0.4, -0.2) is 20.3 Å². The number of hydrogen-bond donors (Lipinski definition) is 1. The van der Waals surface area contributed by atoms with Crippen molar-refractivity contribution in [2.45, 2.75) is 33.7 Å². The van der Waals surface area contributed by atoms with Gasteiger partial charge in [0.2, 0.25) is 0 Å². The van der Waals surface area contributed by atoms with Gasteiger partial charge in [0.1, 0.15) is 0 Å². The van der Waals surface area contributed by atoms with Crippen LogP contribution in [0.1, 0.15) is 32.8 Å². The van der Waals surface area contributed by atoms with Crippen molar-refractivity contribution in [1.29, 1.82) is 0 Å². The van der Waals surface area contributed by atoms with Gasteiger partial charge in [-0.3, -0.25) is 0 Å². The molecule has 1 N–H and O–H groups in total. The number of nitrogens with one attached hydrogen (secondary N) is 1. The van der Waals surface area contributed by atoms with Crippen LogP contribution < -0.4 is 14.8 Å². The standard InChI is InChI=1S/C15H24ClNO2.ClH/c1-5-19-14-9-12(8-13(16)15(14)18-4)10-17-7-6-11(2)3;/h8-9,11,17H,5-7,10H2,1-4H3;1H. The Morgan fingerprint density at radius 1 is 1.30 bits per heavy atom. The average Bonchev–Trinajstić information content (AvgIpc) is 2.35. The number of ether oxygens (including phenoxy) is 2. The minimum atomic E-state index is 0. The lowest BCUT2D eigenvalue weighted by atomic mass is 10.1. The number of rotatable bonds is 8. The average molecular weight is 322 g/mol. The van der Waals surface area contributed by atoms with Crippen molar-refractivity contribution in [3.8, 4) is 11.5 Å². The summed E-state index contributed by atoms with van der Waals surface area (Å²) >= 11 is 6.20. The molecule has 0 aromatic heterocycles. The van der Waals surface area contributed by atoms with Gasteiger partial charge in [-0.25, -0.2) is 0 Å². The minimum absolute atomic E-state index is 0. The molecule has 0 aliphatic heterocycles. The summed E-state index contributed by atoms with van der Waals surface area (Å²) in [5.41, 5.74) is 1.11. The van der Waals surface area contributed by atoms with Crippen LogP contribution in [0.3, 0.4) is 0 Å². The molecule has 0 saturated heterocycles. The molecule has 0 bridgehead atoms. The predicted octanol–water partition coefficient (Wildman–Crippen LogP) is 4.30.